The fourth-order valence-electron chi connectivity index (χ4n) is 2.69. The molecule has 1 fully saturated rings. The van der Waals surface area contributed by atoms with Gasteiger partial charge in [-0.1, -0.05) is 6.07 Å². The molecule has 0 atom stereocenters. The van der Waals surface area contributed by atoms with Crippen molar-refractivity contribution >= 4 is 29.0 Å². The third-order valence-electron chi connectivity index (χ3n) is 3.93. The number of nitrogens with zero attached hydrogens (tertiary/aromatic N) is 3. The molecule has 1 aromatic heterocycles. The van der Waals surface area contributed by atoms with Gasteiger partial charge in [-0.2, -0.15) is 4.98 Å². The topological polar surface area (TPSA) is 91.4 Å². The van der Waals surface area contributed by atoms with Gasteiger partial charge in [-0.3, -0.25) is 9.69 Å². The van der Waals surface area contributed by atoms with E-state index in [0.29, 0.717) is 11.8 Å². The molecule has 0 saturated carbocycles. The molecule has 2 heterocycles. The van der Waals surface area contributed by atoms with Crippen molar-refractivity contribution < 1.29 is 9.53 Å². The number of hydrogen-bond acceptors (Lipinski definition) is 7. The number of carbonyl (C=O) groups is 1. The van der Waals surface area contributed by atoms with Crippen molar-refractivity contribution in [3.05, 3.63) is 36.5 Å². The highest BCUT2D eigenvalue weighted by Gasteiger charge is 2.09. The van der Waals surface area contributed by atoms with Gasteiger partial charge in [0.1, 0.15) is 5.82 Å². The summed E-state index contributed by atoms with van der Waals surface area (Å²) in [4.78, 5) is 22.3. The second-order valence-corrected chi connectivity index (χ2v) is 6.03. The highest BCUT2D eigenvalue weighted by Crippen LogP contribution is 2.19. The molecule has 8 heteroatoms. The minimum absolute atomic E-state index is 0.101. The number of hydrogen-bond donors (Lipinski definition) is 3. The molecule has 26 heavy (non-hydrogen) atoms. The summed E-state index contributed by atoms with van der Waals surface area (Å²) < 4.78 is 5.35. The molecule has 1 aliphatic heterocycles. The van der Waals surface area contributed by atoms with E-state index in [1.54, 1.807) is 12.3 Å². The number of anilines is 4. The predicted octanol–water partition coefficient (Wildman–Crippen LogP) is 1.92. The molecule has 1 aromatic carbocycles. The van der Waals surface area contributed by atoms with Crippen molar-refractivity contribution in [2.45, 2.75) is 6.92 Å². The Morgan fingerprint density at radius 2 is 2.04 bits per heavy atom. The molecule has 138 valence electrons. The van der Waals surface area contributed by atoms with E-state index < -0.39 is 0 Å². The van der Waals surface area contributed by atoms with Gasteiger partial charge in [0.25, 0.3) is 0 Å². The minimum atomic E-state index is -0.101. The van der Waals surface area contributed by atoms with E-state index in [2.05, 4.69) is 30.8 Å². The van der Waals surface area contributed by atoms with Gasteiger partial charge in [0.2, 0.25) is 11.9 Å². The van der Waals surface area contributed by atoms with E-state index >= 15 is 0 Å². The van der Waals surface area contributed by atoms with Gasteiger partial charge in [0.05, 0.1) is 13.2 Å². The van der Waals surface area contributed by atoms with E-state index in [9.17, 15) is 4.79 Å². The zero-order valence-electron chi connectivity index (χ0n) is 14.9. The smallest absolute Gasteiger partial charge is 0.224 e. The molecule has 1 aliphatic rings. The second kappa shape index (κ2) is 9.12. The van der Waals surface area contributed by atoms with Crippen molar-refractivity contribution in [2.24, 2.45) is 0 Å². The molecular weight excluding hydrogens is 332 g/mol. The number of nitrogens with one attached hydrogen (secondary N) is 3. The van der Waals surface area contributed by atoms with Crippen LogP contribution in [0.1, 0.15) is 6.92 Å². The lowest BCUT2D eigenvalue weighted by atomic mass is 10.2. The van der Waals surface area contributed by atoms with E-state index in [0.717, 1.165) is 50.8 Å². The van der Waals surface area contributed by atoms with Crippen LogP contribution in [0.3, 0.4) is 0 Å². The number of carbonyl (C=O) groups excluding carboxylic acids is 1. The Hall–Kier alpha value is -2.71. The normalized spacial score (nSPS) is 14.7. The van der Waals surface area contributed by atoms with Gasteiger partial charge in [-0.25, -0.2) is 4.98 Å². The van der Waals surface area contributed by atoms with E-state index in [4.69, 9.17) is 4.74 Å². The molecule has 3 N–H and O–H groups in total. The zero-order valence-corrected chi connectivity index (χ0v) is 14.9. The first-order valence-electron chi connectivity index (χ1n) is 8.71. The van der Waals surface area contributed by atoms with Crippen LogP contribution in [0, 0.1) is 0 Å². The van der Waals surface area contributed by atoms with Crippen LogP contribution in [0.25, 0.3) is 0 Å². The molecular formula is C18H24N6O2. The van der Waals surface area contributed by atoms with Crippen molar-refractivity contribution in [3.8, 4) is 0 Å². The van der Waals surface area contributed by atoms with Crippen molar-refractivity contribution in [1.82, 2.24) is 14.9 Å². The summed E-state index contributed by atoms with van der Waals surface area (Å²) in [6, 6.07) is 9.29. The molecule has 2 aromatic rings. The van der Waals surface area contributed by atoms with Crippen LogP contribution in [0.4, 0.5) is 23.1 Å². The van der Waals surface area contributed by atoms with Gasteiger partial charge >= 0.3 is 0 Å². The van der Waals surface area contributed by atoms with Crippen molar-refractivity contribution in [2.75, 3.05) is 55.3 Å². The number of morpholine rings is 1. The molecule has 0 radical (unpaired) electrons. The number of amides is 1. The van der Waals surface area contributed by atoms with Crippen molar-refractivity contribution in [1.29, 1.82) is 0 Å². The second-order valence-electron chi connectivity index (χ2n) is 6.03. The fraction of sp³-hybridized carbons (Fsp3) is 0.389. The van der Waals surface area contributed by atoms with Crippen LogP contribution in [0.2, 0.25) is 0 Å². The Morgan fingerprint density at radius 3 is 2.85 bits per heavy atom. The number of benzene rings is 1. The zero-order chi connectivity index (χ0) is 18.2. The number of rotatable bonds is 7. The Morgan fingerprint density at radius 1 is 1.23 bits per heavy atom. The van der Waals surface area contributed by atoms with E-state index in [1.165, 1.54) is 6.92 Å². The SMILES string of the molecule is CC(=O)Nc1cccc(Nc2ccnc(NCCN3CCOCC3)n2)c1. The average Bonchev–Trinajstić information content (AvgIpc) is 2.63. The van der Waals surface area contributed by atoms with Gasteiger partial charge < -0.3 is 20.7 Å². The quantitative estimate of drug-likeness (QED) is 0.698. The van der Waals surface area contributed by atoms with Crippen LogP contribution in [-0.2, 0) is 9.53 Å². The lowest BCUT2D eigenvalue weighted by Crippen LogP contribution is -2.39. The summed E-state index contributed by atoms with van der Waals surface area (Å²) in [5, 5.41) is 9.25. The number of aromatic nitrogens is 2. The maximum absolute atomic E-state index is 11.2. The standard InChI is InChI=1S/C18H24N6O2/c1-14(25)21-15-3-2-4-16(13-15)22-17-5-6-19-18(23-17)20-7-8-24-9-11-26-12-10-24/h2-6,13H,7-12H2,1H3,(H,21,25)(H2,19,20,22,23). The first-order chi connectivity index (χ1) is 12.7. The Bertz CT molecular complexity index is 733. The Kier molecular flexibility index (Phi) is 6.34. The lowest BCUT2D eigenvalue weighted by Gasteiger charge is -2.26. The molecule has 1 saturated heterocycles. The molecule has 0 bridgehead atoms. The average molecular weight is 356 g/mol. The highest BCUT2D eigenvalue weighted by molar-refractivity contribution is 5.89. The molecule has 1 amide bonds. The largest absolute Gasteiger partial charge is 0.379 e. The maximum atomic E-state index is 11.2. The summed E-state index contributed by atoms with van der Waals surface area (Å²) >= 11 is 0. The van der Waals surface area contributed by atoms with E-state index in [1.807, 2.05) is 24.3 Å². The van der Waals surface area contributed by atoms with Crippen LogP contribution in [-0.4, -0.2) is 60.2 Å². The van der Waals surface area contributed by atoms with Crippen LogP contribution in [0.15, 0.2) is 36.5 Å². The third kappa shape index (κ3) is 5.68. The van der Waals surface area contributed by atoms with Gasteiger partial charge in [-0.05, 0) is 24.3 Å². The molecule has 8 nitrogen and oxygen atoms in total. The predicted molar refractivity (Wildman–Crippen MR) is 102 cm³/mol. The van der Waals surface area contributed by atoms with Gasteiger partial charge in [0.15, 0.2) is 0 Å². The summed E-state index contributed by atoms with van der Waals surface area (Å²) in [6.45, 7) is 6.73. The maximum Gasteiger partial charge on any atom is 0.224 e. The van der Waals surface area contributed by atoms with E-state index in [-0.39, 0.29) is 5.91 Å². The Labute approximate surface area is 153 Å². The first kappa shape index (κ1) is 18.1. The minimum Gasteiger partial charge on any atom is -0.379 e. The summed E-state index contributed by atoms with van der Waals surface area (Å²) in [7, 11) is 0. The fourth-order valence-corrected chi connectivity index (χ4v) is 2.69. The summed E-state index contributed by atoms with van der Waals surface area (Å²) in [5.41, 5.74) is 1.58. The van der Waals surface area contributed by atoms with Gasteiger partial charge in [-0.15, -0.1) is 0 Å². The summed E-state index contributed by atoms with van der Waals surface area (Å²) in [5.74, 6) is 1.17. The molecule has 0 spiro atoms. The van der Waals surface area contributed by atoms with Crippen molar-refractivity contribution in [3.63, 3.8) is 0 Å². The highest BCUT2D eigenvalue weighted by atomic mass is 16.5. The monoisotopic (exact) mass is 356 g/mol. The molecule has 3 rings (SSSR count). The first-order valence-corrected chi connectivity index (χ1v) is 8.71. The number of ether oxygens (including phenoxy) is 1. The molecule has 0 aliphatic carbocycles. The summed E-state index contributed by atoms with van der Waals surface area (Å²) in [6.07, 6.45) is 1.71. The lowest BCUT2D eigenvalue weighted by molar-refractivity contribution is -0.114. The van der Waals surface area contributed by atoms with Crippen LogP contribution < -0.4 is 16.0 Å². The van der Waals surface area contributed by atoms with Crippen LogP contribution in [0.5, 0.6) is 0 Å². The van der Waals surface area contributed by atoms with Crippen LogP contribution >= 0.6 is 0 Å². The molecule has 0 unspecified atom stereocenters. The Balaban J connectivity index is 1.54. The van der Waals surface area contributed by atoms with Gasteiger partial charge in [0, 0.05) is 50.7 Å². The third-order valence-corrected chi connectivity index (χ3v) is 3.93.